The molecule has 118 valence electrons. The van der Waals surface area contributed by atoms with E-state index in [4.69, 9.17) is 0 Å². The van der Waals surface area contributed by atoms with Gasteiger partial charge in [-0.25, -0.2) is 0 Å². The Morgan fingerprint density at radius 3 is 2.64 bits per heavy atom. The van der Waals surface area contributed by atoms with Crippen LogP contribution in [0.3, 0.4) is 0 Å². The first-order valence-electron chi connectivity index (χ1n) is 6.71. The lowest BCUT2D eigenvalue weighted by Crippen LogP contribution is -2.16. The molecule has 2 aromatic rings. The predicted octanol–water partition coefficient (Wildman–Crippen LogP) is 2.82. The summed E-state index contributed by atoms with van der Waals surface area (Å²) in [6, 6.07) is 6.08. The normalized spacial score (nSPS) is 10.8. The van der Waals surface area contributed by atoms with Crippen molar-refractivity contribution in [1.29, 1.82) is 0 Å². The fraction of sp³-hybridized carbons (Fsp3) is 0.333. The largest absolute Gasteiger partial charge is 0.433 e. The van der Waals surface area contributed by atoms with Crippen LogP contribution in [0.1, 0.15) is 17.0 Å². The summed E-state index contributed by atoms with van der Waals surface area (Å²) >= 11 is 0. The van der Waals surface area contributed by atoms with Gasteiger partial charge in [-0.2, -0.15) is 13.9 Å². The molecule has 0 atom stereocenters. The Hall–Kier alpha value is -2.44. The number of nitrogens with one attached hydrogen (secondary N) is 1. The van der Waals surface area contributed by atoms with Crippen molar-refractivity contribution in [3.05, 3.63) is 41.2 Å². The van der Waals surface area contributed by atoms with Gasteiger partial charge in [0.2, 0.25) is 5.91 Å². The summed E-state index contributed by atoms with van der Waals surface area (Å²) in [5.74, 6) is -0.380. The van der Waals surface area contributed by atoms with Crippen molar-refractivity contribution in [2.24, 2.45) is 7.05 Å². The van der Waals surface area contributed by atoms with Crippen LogP contribution in [-0.4, -0.2) is 22.3 Å². The van der Waals surface area contributed by atoms with Crippen LogP contribution in [0.25, 0.3) is 0 Å². The average Bonchev–Trinajstić information content (AvgIpc) is 2.67. The summed E-state index contributed by atoms with van der Waals surface area (Å²) < 4.78 is 30.8. The monoisotopic (exact) mass is 309 g/mol. The number of carbonyl (C=O) groups excluding carboxylic acids is 1. The van der Waals surface area contributed by atoms with Gasteiger partial charge in [-0.15, -0.1) is 0 Å². The van der Waals surface area contributed by atoms with E-state index in [0.717, 1.165) is 17.0 Å². The van der Waals surface area contributed by atoms with E-state index in [-0.39, 0.29) is 23.8 Å². The van der Waals surface area contributed by atoms with Crippen molar-refractivity contribution in [3.8, 4) is 5.75 Å². The molecule has 5 nitrogen and oxygen atoms in total. The van der Waals surface area contributed by atoms with Crippen LogP contribution >= 0.6 is 0 Å². The number of hydrogen-bond donors (Lipinski definition) is 1. The maximum atomic E-state index is 12.3. The number of ether oxygens (including phenoxy) is 1. The van der Waals surface area contributed by atoms with Crippen molar-refractivity contribution >= 4 is 11.6 Å². The Morgan fingerprint density at radius 1 is 1.36 bits per heavy atom. The summed E-state index contributed by atoms with van der Waals surface area (Å²) in [7, 11) is 1.80. The SMILES string of the molecule is Cc1nn(C)c(C)c1CC(=O)Nc1ccccc1OC(F)F. The van der Waals surface area contributed by atoms with Crippen LogP contribution in [0.2, 0.25) is 0 Å². The molecule has 1 heterocycles. The Balaban J connectivity index is 2.12. The second-order valence-corrected chi connectivity index (χ2v) is 4.87. The van der Waals surface area contributed by atoms with Gasteiger partial charge in [-0.3, -0.25) is 9.48 Å². The summed E-state index contributed by atoms with van der Waals surface area (Å²) in [6.45, 7) is 0.751. The van der Waals surface area contributed by atoms with Gasteiger partial charge in [0, 0.05) is 18.3 Å². The molecule has 0 fully saturated rings. The van der Waals surface area contributed by atoms with E-state index < -0.39 is 6.61 Å². The molecule has 22 heavy (non-hydrogen) atoms. The number of rotatable bonds is 5. The number of alkyl halides is 2. The van der Waals surface area contributed by atoms with Gasteiger partial charge in [0.05, 0.1) is 17.8 Å². The second kappa shape index (κ2) is 6.55. The number of para-hydroxylation sites is 2. The molecule has 1 amide bonds. The highest BCUT2D eigenvalue weighted by Gasteiger charge is 2.15. The minimum atomic E-state index is -2.94. The average molecular weight is 309 g/mol. The van der Waals surface area contributed by atoms with Gasteiger partial charge >= 0.3 is 6.61 Å². The van der Waals surface area contributed by atoms with Crippen LogP contribution in [0.15, 0.2) is 24.3 Å². The maximum absolute atomic E-state index is 12.3. The van der Waals surface area contributed by atoms with Crippen LogP contribution in [0.5, 0.6) is 5.75 Å². The van der Waals surface area contributed by atoms with Crippen molar-refractivity contribution in [3.63, 3.8) is 0 Å². The van der Waals surface area contributed by atoms with E-state index in [1.165, 1.54) is 12.1 Å². The van der Waals surface area contributed by atoms with Crippen molar-refractivity contribution in [1.82, 2.24) is 9.78 Å². The zero-order valence-electron chi connectivity index (χ0n) is 12.6. The smallest absolute Gasteiger partial charge is 0.387 e. The molecule has 0 bridgehead atoms. The van der Waals surface area contributed by atoms with E-state index in [0.29, 0.717) is 0 Å². The van der Waals surface area contributed by atoms with E-state index in [1.54, 1.807) is 23.9 Å². The molecule has 0 radical (unpaired) electrons. The highest BCUT2D eigenvalue weighted by molar-refractivity contribution is 5.93. The van der Waals surface area contributed by atoms with Crippen LogP contribution < -0.4 is 10.1 Å². The summed E-state index contributed by atoms with van der Waals surface area (Å²) in [5.41, 5.74) is 2.70. The van der Waals surface area contributed by atoms with Crippen molar-refractivity contribution in [2.75, 3.05) is 5.32 Å². The predicted molar refractivity (Wildman–Crippen MR) is 78.1 cm³/mol. The molecular formula is C15H17F2N3O2. The fourth-order valence-corrected chi connectivity index (χ4v) is 2.20. The number of aryl methyl sites for hydroxylation is 2. The molecule has 2 rings (SSSR count). The number of amides is 1. The zero-order valence-corrected chi connectivity index (χ0v) is 12.6. The van der Waals surface area contributed by atoms with Gasteiger partial charge < -0.3 is 10.1 Å². The van der Waals surface area contributed by atoms with Crippen LogP contribution in [-0.2, 0) is 18.3 Å². The van der Waals surface area contributed by atoms with Crippen LogP contribution in [0.4, 0.5) is 14.5 Å². The fourth-order valence-electron chi connectivity index (χ4n) is 2.20. The number of nitrogens with zero attached hydrogens (tertiary/aromatic N) is 2. The van der Waals surface area contributed by atoms with Gasteiger partial charge in [0.25, 0.3) is 0 Å². The third kappa shape index (κ3) is 3.60. The van der Waals surface area contributed by atoms with Gasteiger partial charge in [-0.1, -0.05) is 12.1 Å². The zero-order chi connectivity index (χ0) is 16.3. The third-order valence-corrected chi connectivity index (χ3v) is 3.37. The molecule has 0 aliphatic carbocycles. The first kappa shape index (κ1) is 15.9. The van der Waals surface area contributed by atoms with E-state index in [9.17, 15) is 13.6 Å². The molecule has 1 N–H and O–H groups in total. The molecule has 0 saturated carbocycles. The second-order valence-electron chi connectivity index (χ2n) is 4.87. The third-order valence-electron chi connectivity index (χ3n) is 3.37. The number of carbonyl (C=O) groups is 1. The molecule has 0 unspecified atom stereocenters. The molecule has 0 aliphatic heterocycles. The number of benzene rings is 1. The van der Waals surface area contributed by atoms with Crippen molar-refractivity contribution < 1.29 is 18.3 Å². The Kier molecular flexibility index (Phi) is 4.75. The summed E-state index contributed by atoms with van der Waals surface area (Å²) in [4.78, 5) is 12.1. The molecule has 7 heteroatoms. The Bertz CT molecular complexity index is 683. The highest BCUT2D eigenvalue weighted by atomic mass is 19.3. The molecule has 0 saturated heterocycles. The quantitative estimate of drug-likeness (QED) is 0.924. The topological polar surface area (TPSA) is 56.2 Å². The lowest BCUT2D eigenvalue weighted by molar-refractivity contribution is -0.115. The minimum Gasteiger partial charge on any atom is -0.433 e. The number of halogens is 2. The Labute approximate surface area is 126 Å². The first-order valence-corrected chi connectivity index (χ1v) is 6.71. The Morgan fingerprint density at radius 2 is 2.05 bits per heavy atom. The summed E-state index contributed by atoms with van der Waals surface area (Å²) in [6.07, 6.45) is 0.120. The number of hydrogen-bond acceptors (Lipinski definition) is 3. The first-order chi connectivity index (χ1) is 10.4. The minimum absolute atomic E-state index is 0.0644. The van der Waals surface area contributed by atoms with Gasteiger partial charge in [0.15, 0.2) is 0 Å². The molecule has 0 spiro atoms. The highest BCUT2D eigenvalue weighted by Crippen LogP contribution is 2.25. The number of aromatic nitrogens is 2. The van der Waals surface area contributed by atoms with E-state index in [2.05, 4.69) is 15.2 Å². The molecule has 0 aliphatic rings. The standard InChI is InChI=1S/C15H17F2N3O2/c1-9-11(10(2)20(3)19-9)8-14(21)18-12-6-4-5-7-13(12)22-15(16)17/h4-7,15H,8H2,1-3H3,(H,18,21). The molecular weight excluding hydrogens is 292 g/mol. The lowest BCUT2D eigenvalue weighted by atomic mass is 10.1. The van der Waals surface area contributed by atoms with E-state index in [1.807, 2.05) is 13.8 Å². The molecule has 1 aromatic heterocycles. The maximum Gasteiger partial charge on any atom is 0.387 e. The molecule has 1 aromatic carbocycles. The lowest BCUT2D eigenvalue weighted by Gasteiger charge is -2.11. The number of anilines is 1. The summed E-state index contributed by atoms with van der Waals surface area (Å²) in [5, 5.41) is 6.83. The van der Waals surface area contributed by atoms with Crippen LogP contribution in [0, 0.1) is 13.8 Å². The van der Waals surface area contributed by atoms with Gasteiger partial charge in [0.1, 0.15) is 5.75 Å². The van der Waals surface area contributed by atoms with Gasteiger partial charge in [-0.05, 0) is 26.0 Å². The van der Waals surface area contributed by atoms with Crippen molar-refractivity contribution in [2.45, 2.75) is 26.9 Å². The van der Waals surface area contributed by atoms with E-state index >= 15 is 0 Å².